The van der Waals surface area contributed by atoms with Crippen LogP contribution in [0.25, 0.3) is 0 Å². The maximum absolute atomic E-state index is 12.4. The summed E-state index contributed by atoms with van der Waals surface area (Å²) >= 11 is 0. The van der Waals surface area contributed by atoms with Crippen molar-refractivity contribution in [2.75, 3.05) is 19.3 Å². The molecule has 7 heteroatoms. The molecular weight excluding hydrogens is 280 g/mol. The lowest BCUT2D eigenvalue weighted by Crippen LogP contribution is -2.29. The van der Waals surface area contributed by atoms with E-state index in [9.17, 15) is 13.2 Å². The molecule has 0 heterocycles. The Morgan fingerprint density at radius 3 is 2.70 bits per heavy atom. The van der Waals surface area contributed by atoms with Crippen molar-refractivity contribution in [1.82, 2.24) is 4.31 Å². The number of nitrogens with zero attached hydrogens (tertiary/aromatic N) is 1. The van der Waals surface area contributed by atoms with Gasteiger partial charge in [-0.05, 0) is 31.0 Å². The van der Waals surface area contributed by atoms with E-state index in [4.69, 9.17) is 10.8 Å². The molecule has 1 aromatic carbocycles. The molecule has 0 unspecified atom stereocenters. The van der Waals surface area contributed by atoms with Crippen LogP contribution < -0.4 is 5.73 Å². The highest BCUT2D eigenvalue weighted by atomic mass is 32.2. The third-order valence-corrected chi connectivity index (χ3v) is 4.70. The molecule has 0 aliphatic rings. The fourth-order valence-corrected chi connectivity index (χ4v) is 3.10. The van der Waals surface area contributed by atoms with Gasteiger partial charge in [0.15, 0.2) is 0 Å². The molecule has 0 radical (unpaired) electrons. The van der Waals surface area contributed by atoms with Crippen molar-refractivity contribution < 1.29 is 18.3 Å². The summed E-state index contributed by atoms with van der Waals surface area (Å²) in [4.78, 5) is 10.8. The number of nitrogen functional groups attached to an aromatic ring is 1. The number of benzene rings is 1. The maximum atomic E-state index is 12.4. The monoisotopic (exact) mass is 298 g/mol. The Kier molecular flexibility index (Phi) is 5.29. The van der Waals surface area contributed by atoms with E-state index in [-0.39, 0.29) is 22.7 Å². The first-order valence-corrected chi connectivity index (χ1v) is 7.44. The number of hydrogen-bond donors (Lipinski definition) is 2. The van der Waals surface area contributed by atoms with Crippen LogP contribution in [0.2, 0.25) is 0 Å². The molecule has 0 saturated carbocycles. The fourth-order valence-electron chi connectivity index (χ4n) is 1.68. The molecule has 0 aliphatic carbocycles. The van der Waals surface area contributed by atoms with Crippen molar-refractivity contribution in [3.8, 4) is 0 Å². The van der Waals surface area contributed by atoms with Gasteiger partial charge in [0.05, 0.1) is 10.5 Å². The van der Waals surface area contributed by atoms with Crippen LogP contribution in [0.3, 0.4) is 0 Å². The summed E-state index contributed by atoms with van der Waals surface area (Å²) in [5, 5.41) is 9.08. The quantitative estimate of drug-likeness (QED) is 0.452. The largest absolute Gasteiger partial charge is 0.478 e. The summed E-state index contributed by atoms with van der Waals surface area (Å²) in [7, 11) is -2.47. The van der Waals surface area contributed by atoms with Crippen molar-refractivity contribution in [2.45, 2.75) is 17.7 Å². The zero-order valence-corrected chi connectivity index (χ0v) is 12.1. The van der Waals surface area contributed by atoms with Crippen LogP contribution in [0.5, 0.6) is 0 Å². The van der Waals surface area contributed by atoms with Crippen LogP contribution in [0.1, 0.15) is 23.2 Å². The van der Waals surface area contributed by atoms with Gasteiger partial charge in [0.2, 0.25) is 10.0 Å². The molecule has 0 atom stereocenters. The zero-order chi connectivity index (χ0) is 15.3. The molecule has 0 aliphatic heterocycles. The highest BCUT2D eigenvalue weighted by Gasteiger charge is 2.26. The summed E-state index contributed by atoms with van der Waals surface area (Å²) in [6.45, 7) is 3.84. The Balaban J connectivity index is 3.17. The van der Waals surface area contributed by atoms with Crippen LogP contribution in [0.4, 0.5) is 5.69 Å². The number of aromatic carboxylic acids is 1. The average molecular weight is 298 g/mol. The number of carbonyl (C=O) groups is 1. The second-order valence-electron chi connectivity index (χ2n) is 4.32. The van der Waals surface area contributed by atoms with E-state index in [1.165, 1.54) is 25.2 Å². The van der Waals surface area contributed by atoms with Gasteiger partial charge in [0, 0.05) is 19.3 Å². The zero-order valence-electron chi connectivity index (χ0n) is 11.2. The van der Waals surface area contributed by atoms with Crippen molar-refractivity contribution in [3.63, 3.8) is 0 Å². The molecule has 3 N–H and O–H groups in total. The summed E-state index contributed by atoms with van der Waals surface area (Å²) in [6, 6.07) is 3.73. The number of carboxylic acids is 1. The van der Waals surface area contributed by atoms with Crippen LogP contribution >= 0.6 is 0 Å². The molecule has 0 aromatic heterocycles. The number of hydrogen-bond acceptors (Lipinski definition) is 4. The number of unbranched alkanes of at least 4 members (excludes halogenated alkanes) is 1. The Labute approximate surface area is 118 Å². The molecule has 1 aromatic rings. The van der Waals surface area contributed by atoms with Crippen LogP contribution in [0, 0.1) is 0 Å². The minimum atomic E-state index is -3.88. The van der Waals surface area contributed by atoms with Crippen LogP contribution in [0.15, 0.2) is 35.7 Å². The number of sulfonamides is 1. The van der Waals surface area contributed by atoms with Gasteiger partial charge in [-0.1, -0.05) is 6.08 Å². The summed E-state index contributed by atoms with van der Waals surface area (Å²) in [5.41, 5.74) is 5.48. The molecule has 0 spiro atoms. The second-order valence-corrected chi connectivity index (χ2v) is 6.33. The average Bonchev–Trinajstić information content (AvgIpc) is 2.38. The first-order chi connectivity index (χ1) is 9.30. The molecule has 0 fully saturated rings. The smallest absolute Gasteiger partial charge is 0.337 e. The molecule has 0 bridgehead atoms. The third kappa shape index (κ3) is 3.58. The normalized spacial score (nSPS) is 11.5. The molecule has 0 amide bonds. The van der Waals surface area contributed by atoms with Crippen molar-refractivity contribution >= 4 is 21.7 Å². The van der Waals surface area contributed by atoms with E-state index < -0.39 is 16.0 Å². The Morgan fingerprint density at radius 1 is 1.50 bits per heavy atom. The third-order valence-electron chi connectivity index (χ3n) is 2.81. The van der Waals surface area contributed by atoms with Crippen molar-refractivity contribution in [1.29, 1.82) is 0 Å². The van der Waals surface area contributed by atoms with E-state index in [0.29, 0.717) is 12.8 Å². The number of carboxylic acid groups (broad SMARTS) is 1. The van der Waals surface area contributed by atoms with E-state index in [1.807, 2.05) is 0 Å². The molecule has 1 rings (SSSR count). The predicted octanol–water partition coefficient (Wildman–Crippen LogP) is 1.55. The summed E-state index contributed by atoms with van der Waals surface area (Å²) in [5.74, 6) is -1.30. The van der Waals surface area contributed by atoms with E-state index >= 15 is 0 Å². The van der Waals surface area contributed by atoms with Crippen molar-refractivity contribution in [3.05, 3.63) is 36.4 Å². The molecule has 0 saturated heterocycles. The van der Waals surface area contributed by atoms with Gasteiger partial charge in [-0.2, -0.15) is 0 Å². The minimum Gasteiger partial charge on any atom is -0.478 e. The van der Waals surface area contributed by atoms with Crippen LogP contribution in [-0.2, 0) is 10.0 Å². The molecule has 110 valence electrons. The lowest BCUT2D eigenvalue weighted by Gasteiger charge is -2.18. The SMILES string of the molecule is C=CCCCN(C)S(=O)(=O)c1cc(N)ccc1C(=O)O. The van der Waals surface area contributed by atoms with Gasteiger partial charge in [-0.25, -0.2) is 17.5 Å². The van der Waals surface area contributed by atoms with E-state index in [1.54, 1.807) is 6.08 Å². The van der Waals surface area contributed by atoms with Crippen molar-refractivity contribution in [2.24, 2.45) is 0 Å². The highest BCUT2D eigenvalue weighted by molar-refractivity contribution is 7.89. The number of nitrogens with two attached hydrogens (primary N) is 1. The fraction of sp³-hybridized carbons (Fsp3) is 0.308. The first-order valence-electron chi connectivity index (χ1n) is 6.00. The molecule has 6 nitrogen and oxygen atoms in total. The Bertz CT molecular complexity index is 611. The van der Waals surface area contributed by atoms with E-state index in [2.05, 4.69) is 6.58 Å². The number of allylic oxidation sites excluding steroid dienone is 1. The Hall–Kier alpha value is -1.86. The van der Waals surface area contributed by atoms with Gasteiger partial charge in [0.25, 0.3) is 0 Å². The van der Waals surface area contributed by atoms with E-state index in [0.717, 1.165) is 4.31 Å². The van der Waals surface area contributed by atoms with Gasteiger partial charge in [-0.15, -0.1) is 6.58 Å². The number of anilines is 1. The van der Waals surface area contributed by atoms with Gasteiger partial charge in [0.1, 0.15) is 0 Å². The lowest BCUT2D eigenvalue weighted by molar-refractivity contribution is 0.0692. The summed E-state index contributed by atoms with van der Waals surface area (Å²) in [6.07, 6.45) is 3.00. The maximum Gasteiger partial charge on any atom is 0.337 e. The number of rotatable bonds is 7. The topological polar surface area (TPSA) is 101 Å². The van der Waals surface area contributed by atoms with Gasteiger partial charge in [-0.3, -0.25) is 0 Å². The van der Waals surface area contributed by atoms with Crippen LogP contribution in [-0.4, -0.2) is 37.4 Å². The highest BCUT2D eigenvalue weighted by Crippen LogP contribution is 2.22. The minimum absolute atomic E-state index is 0.202. The predicted molar refractivity (Wildman–Crippen MR) is 77.1 cm³/mol. The first kappa shape index (κ1) is 16.2. The van der Waals surface area contributed by atoms with Gasteiger partial charge >= 0.3 is 5.97 Å². The lowest BCUT2D eigenvalue weighted by atomic mass is 10.2. The molecule has 20 heavy (non-hydrogen) atoms. The standard InChI is InChI=1S/C13H18N2O4S/c1-3-4-5-8-15(2)20(18,19)12-9-10(14)6-7-11(12)13(16)17/h3,6-7,9H,1,4-5,8,14H2,2H3,(H,16,17). The van der Waals surface area contributed by atoms with Gasteiger partial charge < -0.3 is 10.8 Å². The molecular formula is C13H18N2O4S. The Morgan fingerprint density at radius 2 is 2.15 bits per heavy atom. The summed E-state index contributed by atoms with van der Waals surface area (Å²) < 4.78 is 25.9. The second kappa shape index (κ2) is 6.53.